The van der Waals surface area contributed by atoms with Crippen LogP contribution in [-0.4, -0.2) is 33.8 Å². The maximum Gasteiger partial charge on any atom is 0.335 e. The molecule has 5 N–H and O–H groups in total. The number of benzene rings is 1. The van der Waals surface area contributed by atoms with Crippen molar-refractivity contribution in [3.8, 4) is 5.75 Å². The quantitative estimate of drug-likeness (QED) is 0.646. The number of aromatic hydroxyl groups is 1. The highest BCUT2D eigenvalue weighted by Crippen LogP contribution is 2.35. The van der Waals surface area contributed by atoms with Gasteiger partial charge in [-0.25, -0.2) is 18.0 Å². The molecule has 0 aliphatic carbocycles. The lowest BCUT2D eigenvalue weighted by Gasteiger charge is -2.22. The SMILES string of the molecule is N[C@H](c1cc(C(=O)O)cc(F)c1O)C(F)(F)CO. The third-order valence-corrected chi connectivity index (χ3v) is 2.34. The Kier molecular flexibility index (Phi) is 3.82. The van der Waals surface area contributed by atoms with Crippen LogP contribution in [0.5, 0.6) is 5.75 Å². The van der Waals surface area contributed by atoms with E-state index in [0.29, 0.717) is 12.1 Å². The normalized spacial score (nSPS) is 13.4. The highest BCUT2D eigenvalue weighted by molar-refractivity contribution is 5.88. The van der Waals surface area contributed by atoms with Crippen molar-refractivity contribution in [2.24, 2.45) is 5.73 Å². The van der Waals surface area contributed by atoms with E-state index in [2.05, 4.69) is 0 Å². The Morgan fingerprint density at radius 3 is 2.44 bits per heavy atom. The first-order valence-electron chi connectivity index (χ1n) is 4.70. The maximum atomic E-state index is 13.2. The molecule has 0 heterocycles. The van der Waals surface area contributed by atoms with Crippen LogP contribution in [0.1, 0.15) is 22.0 Å². The Hall–Kier alpha value is -1.80. The summed E-state index contributed by atoms with van der Waals surface area (Å²) >= 11 is 0. The second-order valence-electron chi connectivity index (χ2n) is 3.60. The predicted octanol–water partition coefficient (Wildman–Crippen LogP) is 0.857. The largest absolute Gasteiger partial charge is 0.505 e. The summed E-state index contributed by atoms with van der Waals surface area (Å²) in [6.45, 7) is -1.62. The van der Waals surface area contributed by atoms with E-state index < -0.39 is 47.2 Å². The average molecular weight is 265 g/mol. The Labute approximate surface area is 99.3 Å². The van der Waals surface area contributed by atoms with Gasteiger partial charge in [0.2, 0.25) is 0 Å². The molecule has 100 valence electrons. The average Bonchev–Trinajstić information content (AvgIpc) is 2.31. The van der Waals surface area contributed by atoms with E-state index in [9.17, 15) is 23.1 Å². The van der Waals surface area contributed by atoms with E-state index in [4.69, 9.17) is 15.9 Å². The number of carbonyl (C=O) groups is 1. The molecule has 1 aromatic carbocycles. The number of aliphatic hydroxyl groups excluding tert-OH is 1. The zero-order chi connectivity index (χ0) is 14.1. The van der Waals surface area contributed by atoms with E-state index in [1.54, 1.807) is 0 Å². The fourth-order valence-electron chi connectivity index (χ4n) is 1.31. The summed E-state index contributed by atoms with van der Waals surface area (Å²) in [6.07, 6.45) is 0. The first-order chi connectivity index (χ1) is 8.20. The molecule has 0 unspecified atom stereocenters. The van der Waals surface area contributed by atoms with Gasteiger partial charge in [0, 0.05) is 5.56 Å². The molecule has 0 saturated heterocycles. The van der Waals surface area contributed by atoms with Gasteiger partial charge in [-0.15, -0.1) is 0 Å². The number of rotatable bonds is 4. The molecule has 18 heavy (non-hydrogen) atoms. The Morgan fingerprint density at radius 2 is 2.00 bits per heavy atom. The van der Waals surface area contributed by atoms with Gasteiger partial charge in [0.25, 0.3) is 5.92 Å². The van der Waals surface area contributed by atoms with Gasteiger partial charge in [0.15, 0.2) is 11.6 Å². The smallest absolute Gasteiger partial charge is 0.335 e. The fraction of sp³-hybridized carbons (Fsp3) is 0.300. The Balaban J connectivity index is 3.35. The molecule has 0 saturated carbocycles. The molecule has 1 aromatic rings. The topological polar surface area (TPSA) is 104 Å². The zero-order valence-corrected chi connectivity index (χ0v) is 8.90. The number of carboxylic acid groups (broad SMARTS) is 1. The Morgan fingerprint density at radius 1 is 1.44 bits per heavy atom. The fourth-order valence-corrected chi connectivity index (χ4v) is 1.31. The van der Waals surface area contributed by atoms with Crippen molar-refractivity contribution < 1.29 is 33.3 Å². The molecule has 1 rings (SSSR count). The number of aromatic carboxylic acids is 1. The second kappa shape index (κ2) is 4.83. The summed E-state index contributed by atoms with van der Waals surface area (Å²) in [5.74, 6) is -7.93. The molecule has 5 nitrogen and oxygen atoms in total. The van der Waals surface area contributed by atoms with E-state index in [0.717, 1.165) is 0 Å². The van der Waals surface area contributed by atoms with Gasteiger partial charge in [-0.3, -0.25) is 0 Å². The minimum absolute atomic E-state index is 0.477. The lowest BCUT2D eigenvalue weighted by Crippen LogP contribution is -2.36. The van der Waals surface area contributed by atoms with Crippen LogP contribution in [0, 0.1) is 5.82 Å². The van der Waals surface area contributed by atoms with Crippen LogP contribution in [0.3, 0.4) is 0 Å². The molecule has 0 aliphatic heterocycles. The van der Waals surface area contributed by atoms with Crippen LogP contribution < -0.4 is 5.73 Å². The van der Waals surface area contributed by atoms with Gasteiger partial charge in [-0.2, -0.15) is 0 Å². The number of phenolic OH excluding ortho intramolecular Hbond substituents is 1. The van der Waals surface area contributed by atoms with Gasteiger partial charge in [-0.1, -0.05) is 0 Å². The van der Waals surface area contributed by atoms with Crippen LogP contribution in [0.15, 0.2) is 12.1 Å². The summed E-state index contributed by atoms with van der Waals surface area (Å²) < 4.78 is 39.4. The summed E-state index contributed by atoms with van der Waals surface area (Å²) in [6, 6.07) is -1.11. The van der Waals surface area contributed by atoms with E-state index >= 15 is 0 Å². The standard InChI is InChI=1S/C10H10F3NO4/c11-6-2-4(9(17)18)1-5(7(6)16)8(14)10(12,13)3-15/h1-2,8,15-16H,3,14H2,(H,17,18)/t8-/m1/s1. The molecule has 0 radical (unpaired) electrons. The number of aliphatic hydroxyl groups is 1. The van der Waals surface area contributed by atoms with E-state index in [1.807, 2.05) is 0 Å². The Bertz CT molecular complexity index is 478. The summed E-state index contributed by atoms with van der Waals surface area (Å²) in [5, 5.41) is 26.4. The van der Waals surface area contributed by atoms with Crippen LogP contribution in [0.25, 0.3) is 0 Å². The zero-order valence-electron chi connectivity index (χ0n) is 8.90. The number of hydrogen-bond acceptors (Lipinski definition) is 4. The van der Waals surface area contributed by atoms with Gasteiger partial charge in [0.1, 0.15) is 12.6 Å². The molecule has 0 amide bonds. The number of nitrogens with two attached hydrogens (primary N) is 1. The van der Waals surface area contributed by atoms with Crippen molar-refractivity contribution >= 4 is 5.97 Å². The highest BCUT2D eigenvalue weighted by Gasteiger charge is 2.39. The first kappa shape index (κ1) is 14.3. The number of carboxylic acids is 1. The molecular weight excluding hydrogens is 255 g/mol. The molecule has 0 fully saturated rings. The van der Waals surface area contributed by atoms with Crippen molar-refractivity contribution in [2.75, 3.05) is 6.61 Å². The third kappa shape index (κ3) is 2.54. The van der Waals surface area contributed by atoms with Crippen molar-refractivity contribution in [1.82, 2.24) is 0 Å². The van der Waals surface area contributed by atoms with Crippen LogP contribution in [-0.2, 0) is 0 Å². The second-order valence-corrected chi connectivity index (χ2v) is 3.60. The van der Waals surface area contributed by atoms with E-state index in [1.165, 1.54) is 0 Å². The predicted molar refractivity (Wildman–Crippen MR) is 54.0 cm³/mol. The van der Waals surface area contributed by atoms with E-state index in [-0.39, 0.29) is 0 Å². The minimum atomic E-state index is -3.82. The number of alkyl halides is 2. The number of halogens is 3. The lowest BCUT2D eigenvalue weighted by molar-refractivity contribution is -0.0716. The van der Waals surface area contributed by atoms with Crippen molar-refractivity contribution in [1.29, 1.82) is 0 Å². The lowest BCUT2D eigenvalue weighted by atomic mass is 9.98. The van der Waals surface area contributed by atoms with Crippen LogP contribution in [0.4, 0.5) is 13.2 Å². The van der Waals surface area contributed by atoms with Crippen molar-refractivity contribution in [3.63, 3.8) is 0 Å². The monoisotopic (exact) mass is 265 g/mol. The van der Waals surface area contributed by atoms with Gasteiger partial charge < -0.3 is 21.1 Å². The molecular formula is C10H10F3NO4. The summed E-state index contributed by atoms with van der Waals surface area (Å²) in [7, 11) is 0. The van der Waals surface area contributed by atoms with Crippen LogP contribution in [0.2, 0.25) is 0 Å². The number of hydrogen-bond donors (Lipinski definition) is 4. The van der Waals surface area contributed by atoms with Crippen molar-refractivity contribution in [2.45, 2.75) is 12.0 Å². The molecule has 8 heteroatoms. The van der Waals surface area contributed by atoms with Gasteiger partial charge >= 0.3 is 5.97 Å². The van der Waals surface area contributed by atoms with Gasteiger partial charge in [-0.05, 0) is 12.1 Å². The summed E-state index contributed by atoms with van der Waals surface area (Å²) in [4.78, 5) is 10.6. The molecule has 0 aliphatic rings. The highest BCUT2D eigenvalue weighted by atomic mass is 19.3. The molecule has 0 bridgehead atoms. The maximum absolute atomic E-state index is 13.2. The first-order valence-corrected chi connectivity index (χ1v) is 4.70. The van der Waals surface area contributed by atoms with Crippen molar-refractivity contribution in [3.05, 3.63) is 29.1 Å². The third-order valence-electron chi connectivity index (χ3n) is 2.34. The number of phenols is 1. The van der Waals surface area contributed by atoms with Crippen LogP contribution >= 0.6 is 0 Å². The molecule has 0 spiro atoms. The summed E-state index contributed by atoms with van der Waals surface area (Å²) in [5.41, 5.74) is 3.67. The molecule has 0 aromatic heterocycles. The molecule has 1 atom stereocenters. The van der Waals surface area contributed by atoms with Gasteiger partial charge in [0.05, 0.1) is 5.56 Å². The minimum Gasteiger partial charge on any atom is -0.505 e.